The van der Waals surface area contributed by atoms with Crippen molar-refractivity contribution < 1.29 is 9.84 Å². The number of hydrogen-bond acceptors (Lipinski definition) is 3. The second-order valence-corrected chi connectivity index (χ2v) is 5.37. The monoisotopic (exact) mass is 257 g/mol. The molecule has 0 aliphatic carbocycles. The van der Waals surface area contributed by atoms with E-state index in [9.17, 15) is 5.11 Å². The topological polar surface area (TPSA) is 42.4 Å². The molecule has 1 aromatic carbocycles. The zero-order valence-electron chi connectivity index (χ0n) is 11.1. The molecule has 3 rings (SSSR count). The summed E-state index contributed by atoms with van der Waals surface area (Å²) in [6.07, 6.45) is 1.08. The Labute approximate surface area is 113 Å². The van der Waals surface area contributed by atoms with Gasteiger partial charge in [-0.25, -0.2) is 0 Å². The van der Waals surface area contributed by atoms with Crippen LogP contribution in [0.1, 0.15) is 19.0 Å². The lowest BCUT2D eigenvalue weighted by Crippen LogP contribution is -2.32. The van der Waals surface area contributed by atoms with Crippen LogP contribution in [-0.2, 0) is 11.2 Å². The molecule has 19 heavy (non-hydrogen) atoms. The summed E-state index contributed by atoms with van der Waals surface area (Å²) in [5.74, 6) is 0.426. The predicted molar refractivity (Wildman–Crippen MR) is 75.0 cm³/mol. The molecular weight excluding hydrogens is 238 g/mol. The van der Waals surface area contributed by atoms with Crippen LogP contribution in [-0.4, -0.2) is 28.9 Å². The Morgan fingerprint density at radius 2 is 2.16 bits per heavy atom. The molecular formula is C16H19NO2. The summed E-state index contributed by atoms with van der Waals surface area (Å²) in [4.78, 5) is 4.60. The van der Waals surface area contributed by atoms with E-state index in [1.165, 1.54) is 0 Å². The Kier molecular flexibility index (Phi) is 3.49. The number of aliphatic hydroxyl groups is 1. The molecule has 1 aromatic heterocycles. The Morgan fingerprint density at radius 3 is 2.95 bits per heavy atom. The van der Waals surface area contributed by atoms with E-state index in [-0.39, 0.29) is 6.10 Å². The van der Waals surface area contributed by atoms with Crippen molar-refractivity contribution in [2.45, 2.75) is 32.0 Å². The van der Waals surface area contributed by atoms with Gasteiger partial charge in [-0.3, -0.25) is 4.98 Å². The third kappa shape index (κ3) is 2.62. The Hall–Kier alpha value is -1.45. The Balaban J connectivity index is 1.77. The van der Waals surface area contributed by atoms with Crippen molar-refractivity contribution in [2.75, 3.05) is 6.61 Å². The van der Waals surface area contributed by atoms with E-state index in [1.54, 1.807) is 0 Å². The van der Waals surface area contributed by atoms with Crippen LogP contribution in [0.3, 0.4) is 0 Å². The largest absolute Gasteiger partial charge is 0.390 e. The highest BCUT2D eigenvalue weighted by atomic mass is 16.5. The van der Waals surface area contributed by atoms with Crippen molar-refractivity contribution in [3.63, 3.8) is 0 Å². The molecule has 1 fully saturated rings. The minimum Gasteiger partial charge on any atom is -0.390 e. The van der Waals surface area contributed by atoms with E-state index in [0.29, 0.717) is 12.3 Å². The van der Waals surface area contributed by atoms with Crippen LogP contribution >= 0.6 is 0 Å². The molecule has 3 nitrogen and oxygen atoms in total. The SMILES string of the molecule is CC1CCOC1C(O)Cc1ccc2ccccc2n1. The number of rotatable bonds is 3. The number of hydrogen-bond donors (Lipinski definition) is 1. The summed E-state index contributed by atoms with van der Waals surface area (Å²) >= 11 is 0. The van der Waals surface area contributed by atoms with Crippen molar-refractivity contribution in [3.8, 4) is 0 Å². The van der Waals surface area contributed by atoms with Gasteiger partial charge in [-0.05, 0) is 24.5 Å². The Bertz CT molecular complexity index is 569. The Morgan fingerprint density at radius 1 is 1.32 bits per heavy atom. The first-order valence-corrected chi connectivity index (χ1v) is 6.88. The zero-order valence-corrected chi connectivity index (χ0v) is 11.1. The van der Waals surface area contributed by atoms with Crippen LogP contribution in [0.15, 0.2) is 36.4 Å². The molecule has 0 amide bonds. The molecule has 3 atom stereocenters. The first kappa shape index (κ1) is 12.6. The molecule has 0 radical (unpaired) electrons. The maximum atomic E-state index is 10.3. The molecule has 0 bridgehead atoms. The second kappa shape index (κ2) is 5.27. The maximum Gasteiger partial charge on any atom is 0.0864 e. The van der Waals surface area contributed by atoms with E-state index in [1.807, 2.05) is 30.3 Å². The van der Waals surface area contributed by atoms with Gasteiger partial charge in [-0.2, -0.15) is 0 Å². The predicted octanol–water partition coefficient (Wildman–Crippen LogP) is 2.56. The van der Waals surface area contributed by atoms with Gasteiger partial charge in [0.25, 0.3) is 0 Å². The van der Waals surface area contributed by atoms with Crippen molar-refractivity contribution >= 4 is 10.9 Å². The smallest absolute Gasteiger partial charge is 0.0864 e. The van der Waals surface area contributed by atoms with Gasteiger partial charge in [-0.15, -0.1) is 0 Å². The lowest BCUT2D eigenvalue weighted by Gasteiger charge is -2.21. The molecule has 1 aliphatic rings. The minimum absolute atomic E-state index is 0.0479. The van der Waals surface area contributed by atoms with E-state index in [4.69, 9.17) is 4.74 Å². The van der Waals surface area contributed by atoms with Crippen LogP contribution in [0.4, 0.5) is 0 Å². The summed E-state index contributed by atoms with van der Waals surface area (Å²) in [6, 6.07) is 12.1. The summed E-state index contributed by atoms with van der Waals surface area (Å²) < 4.78 is 5.61. The second-order valence-electron chi connectivity index (χ2n) is 5.37. The van der Waals surface area contributed by atoms with Crippen molar-refractivity contribution in [2.24, 2.45) is 5.92 Å². The summed E-state index contributed by atoms with van der Waals surface area (Å²) in [6.45, 7) is 2.89. The van der Waals surface area contributed by atoms with Gasteiger partial charge in [-0.1, -0.05) is 31.2 Å². The molecule has 3 heteroatoms. The fourth-order valence-electron chi connectivity index (χ4n) is 2.76. The molecule has 1 aliphatic heterocycles. The van der Waals surface area contributed by atoms with Crippen LogP contribution in [0.2, 0.25) is 0 Å². The molecule has 1 N–H and O–H groups in total. The van der Waals surface area contributed by atoms with Crippen molar-refractivity contribution in [1.82, 2.24) is 4.98 Å². The van der Waals surface area contributed by atoms with Crippen LogP contribution in [0.5, 0.6) is 0 Å². The number of aliphatic hydroxyl groups excluding tert-OH is 1. The van der Waals surface area contributed by atoms with Gasteiger partial charge >= 0.3 is 0 Å². The quantitative estimate of drug-likeness (QED) is 0.919. The number of pyridine rings is 1. The van der Waals surface area contributed by atoms with Crippen LogP contribution in [0, 0.1) is 5.92 Å². The third-order valence-corrected chi connectivity index (χ3v) is 3.90. The van der Waals surface area contributed by atoms with Gasteiger partial charge in [0, 0.05) is 24.1 Å². The lowest BCUT2D eigenvalue weighted by atomic mass is 9.96. The first-order chi connectivity index (χ1) is 9.24. The summed E-state index contributed by atoms with van der Waals surface area (Å²) in [5.41, 5.74) is 1.90. The molecule has 0 saturated carbocycles. The third-order valence-electron chi connectivity index (χ3n) is 3.90. The molecule has 0 spiro atoms. The van der Waals surface area contributed by atoms with E-state index in [2.05, 4.69) is 18.0 Å². The number of ether oxygens (including phenoxy) is 1. The van der Waals surface area contributed by atoms with E-state index >= 15 is 0 Å². The lowest BCUT2D eigenvalue weighted by molar-refractivity contribution is -0.0161. The number of nitrogens with zero attached hydrogens (tertiary/aromatic N) is 1. The fraction of sp³-hybridized carbons (Fsp3) is 0.438. The number of fused-ring (bicyclic) bond motifs is 1. The highest BCUT2D eigenvalue weighted by molar-refractivity contribution is 5.78. The molecule has 2 heterocycles. The standard InChI is InChI=1S/C16H19NO2/c1-11-8-9-19-16(11)15(18)10-13-7-6-12-4-2-3-5-14(12)17-13/h2-7,11,15-16,18H,8-10H2,1H3. The van der Waals surface area contributed by atoms with Crippen LogP contribution < -0.4 is 0 Å². The van der Waals surface area contributed by atoms with Gasteiger partial charge in [0.05, 0.1) is 17.7 Å². The molecule has 2 aromatic rings. The number of para-hydroxylation sites is 1. The summed E-state index contributed by atoms with van der Waals surface area (Å²) in [5, 5.41) is 11.4. The molecule has 1 saturated heterocycles. The molecule has 100 valence electrons. The molecule has 3 unspecified atom stereocenters. The van der Waals surface area contributed by atoms with Gasteiger partial charge in [0.1, 0.15) is 0 Å². The minimum atomic E-state index is -0.467. The van der Waals surface area contributed by atoms with Gasteiger partial charge in [0.2, 0.25) is 0 Å². The van der Waals surface area contributed by atoms with Crippen molar-refractivity contribution in [3.05, 3.63) is 42.1 Å². The van der Waals surface area contributed by atoms with Gasteiger partial charge in [0.15, 0.2) is 0 Å². The average Bonchev–Trinajstić information content (AvgIpc) is 2.85. The normalized spacial score (nSPS) is 24.7. The first-order valence-electron chi connectivity index (χ1n) is 6.88. The van der Waals surface area contributed by atoms with Crippen molar-refractivity contribution in [1.29, 1.82) is 0 Å². The fourth-order valence-corrected chi connectivity index (χ4v) is 2.76. The average molecular weight is 257 g/mol. The number of aromatic nitrogens is 1. The zero-order chi connectivity index (χ0) is 13.2. The summed E-state index contributed by atoms with van der Waals surface area (Å²) in [7, 11) is 0. The van der Waals surface area contributed by atoms with E-state index < -0.39 is 6.10 Å². The highest BCUT2D eigenvalue weighted by Crippen LogP contribution is 2.24. The van der Waals surface area contributed by atoms with Crippen LogP contribution in [0.25, 0.3) is 10.9 Å². The maximum absolute atomic E-state index is 10.3. The van der Waals surface area contributed by atoms with E-state index in [0.717, 1.165) is 29.6 Å². The highest BCUT2D eigenvalue weighted by Gasteiger charge is 2.31. The van der Waals surface area contributed by atoms with Gasteiger partial charge < -0.3 is 9.84 Å². The number of benzene rings is 1.